The molecule has 0 aliphatic rings. The molecule has 12 heavy (non-hydrogen) atoms. The lowest BCUT2D eigenvalue weighted by Gasteiger charge is -2.07. The third-order valence-corrected chi connectivity index (χ3v) is 1.56. The number of aliphatic hydroxyl groups is 1. The van der Waals surface area contributed by atoms with E-state index in [4.69, 9.17) is 29.3 Å². The molecule has 2 radical (unpaired) electrons. The SMILES string of the molecule is [B]c1cc(Cl)ccc1OCCO. The monoisotopic (exact) mass is 182 g/mol. The molecule has 0 unspecified atom stereocenters. The molecule has 0 saturated carbocycles. The van der Waals surface area contributed by atoms with Crippen LogP contribution in [0.4, 0.5) is 0 Å². The fourth-order valence-electron chi connectivity index (χ4n) is 0.806. The summed E-state index contributed by atoms with van der Waals surface area (Å²) < 4.78 is 5.11. The number of hydrogen-bond donors (Lipinski definition) is 1. The summed E-state index contributed by atoms with van der Waals surface area (Å²) in [5.74, 6) is 0.549. The van der Waals surface area contributed by atoms with Crippen LogP contribution in [0.5, 0.6) is 5.75 Å². The van der Waals surface area contributed by atoms with Crippen LogP contribution >= 0.6 is 11.6 Å². The lowest BCUT2D eigenvalue weighted by Crippen LogP contribution is -2.11. The molecule has 0 bridgehead atoms. The summed E-state index contributed by atoms with van der Waals surface area (Å²) in [6, 6.07) is 4.96. The molecule has 0 fully saturated rings. The van der Waals surface area contributed by atoms with Gasteiger partial charge >= 0.3 is 0 Å². The summed E-state index contributed by atoms with van der Waals surface area (Å²) in [6.07, 6.45) is 0. The van der Waals surface area contributed by atoms with Gasteiger partial charge in [0.2, 0.25) is 0 Å². The lowest BCUT2D eigenvalue weighted by atomic mass is 9.95. The second kappa shape index (κ2) is 4.38. The highest BCUT2D eigenvalue weighted by Gasteiger charge is 1.98. The number of rotatable bonds is 3. The Labute approximate surface area is 77.5 Å². The van der Waals surface area contributed by atoms with Crippen LogP contribution in [0.2, 0.25) is 5.02 Å². The molecular formula is C8H8BClO2. The zero-order valence-corrected chi connectivity index (χ0v) is 7.21. The van der Waals surface area contributed by atoms with Crippen LogP contribution in [0.15, 0.2) is 18.2 Å². The van der Waals surface area contributed by atoms with Gasteiger partial charge in [0.1, 0.15) is 20.2 Å². The summed E-state index contributed by atoms with van der Waals surface area (Å²) in [6.45, 7) is 0.216. The third-order valence-electron chi connectivity index (χ3n) is 1.32. The second-order valence-corrected chi connectivity index (χ2v) is 2.69. The van der Waals surface area contributed by atoms with Gasteiger partial charge in [-0.2, -0.15) is 0 Å². The largest absolute Gasteiger partial charge is 0.492 e. The fraction of sp³-hybridized carbons (Fsp3) is 0.250. The van der Waals surface area contributed by atoms with E-state index in [0.717, 1.165) is 0 Å². The van der Waals surface area contributed by atoms with Crippen LogP contribution in [-0.4, -0.2) is 26.2 Å². The van der Waals surface area contributed by atoms with Gasteiger partial charge < -0.3 is 9.84 Å². The first kappa shape index (κ1) is 9.42. The second-order valence-electron chi connectivity index (χ2n) is 2.25. The van der Waals surface area contributed by atoms with E-state index in [1.54, 1.807) is 18.2 Å². The predicted octanol–water partition coefficient (Wildman–Crippen LogP) is 0.505. The molecule has 0 aliphatic carbocycles. The van der Waals surface area contributed by atoms with Crippen molar-refractivity contribution in [2.45, 2.75) is 0 Å². The molecule has 0 aromatic heterocycles. The first-order valence-corrected chi connectivity index (χ1v) is 3.90. The van der Waals surface area contributed by atoms with Crippen molar-refractivity contribution in [3.8, 4) is 5.75 Å². The highest BCUT2D eigenvalue weighted by Crippen LogP contribution is 2.12. The van der Waals surface area contributed by atoms with Gasteiger partial charge in [0.15, 0.2) is 0 Å². The number of halogens is 1. The van der Waals surface area contributed by atoms with Gasteiger partial charge in [-0.1, -0.05) is 17.1 Å². The molecule has 4 heteroatoms. The molecule has 0 heterocycles. The predicted molar refractivity (Wildman–Crippen MR) is 49.4 cm³/mol. The minimum atomic E-state index is -0.0257. The minimum Gasteiger partial charge on any atom is -0.492 e. The van der Waals surface area contributed by atoms with Gasteiger partial charge in [-0.15, -0.1) is 0 Å². The highest BCUT2D eigenvalue weighted by atomic mass is 35.5. The van der Waals surface area contributed by atoms with Crippen molar-refractivity contribution < 1.29 is 9.84 Å². The minimum absolute atomic E-state index is 0.0257. The van der Waals surface area contributed by atoms with Crippen LogP contribution in [0.1, 0.15) is 0 Å². The average Bonchev–Trinajstić information content (AvgIpc) is 2.03. The molecule has 62 valence electrons. The van der Waals surface area contributed by atoms with Crippen LogP contribution in [0.3, 0.4) is 0 Å². The van der Waals surface area contributed by atoms with E-state index in [0.29, 0.717) is 16.2 Å². The van der Waals surface area contributed by atoms with Crippen LogP contribution in [0, 0.1) is 0 Å². The molecule has 1 N–H and O–H groups in total. The molecule has 0 amide bonds. The number of aliphatic hydroxyl groups excluding tert-OH is 1. The molecule has 1 aromatic rings. The smallest absolute Gasteiger partial charge is 0.119 e. The summed E-state index contributed by atoms with van der Waals surface area (Å²) in [4.78, 5) is 0. The summed E-state index contributed by atoms with van der Waals surface area (Å²) in [7, 11) is 5.57. The van der Waals surface area contributed by atoms with Crippen molar-refractivity contribution in [2.24, 2.45) is 0 Å². The molecule has 2 nitrogen and oxygen atoms in total. The van der Waals surface area contributed by atoms with E-state index < -0.39 is 0 Å². The maximum absolute atomic E-state index is 8.48. The Morgan fingerprint density at radius 2 is 2.25 bits per heavy atom. The van der Waals surface area contributed by atoms with Crippen LogP contribution in [0.25, 0.3) is 0 Å². The lowest BCUT2D eigenvalue weighted by molar-refractivity contribution is 0.202. The topological polar surface area (TPSA) is 29.5 Å². The van der Waals surface area contributed by atoms with Gasteiger partial charge in [-0.3, -0.25) is 0 Å². The highest BCUT2D eigenvalue weighted by molar-refractivity contribution is 6.37. The number of benzene rings is 1. The quantitative estimate of drug-likeness (QED) is 0.690. The van der Waals surface area contributed by atoms with Crippen molar-refractivity contribution in [3.63, 3.8) is 0 Å². The first-order valence-electron chi connectivity index (χ1n) is 3.52. The van der Waals surface area contributed by atoms with E-state index in [1.165, 1.54) is 0 Å². The van der Waals surface area contributed by atoms with Gasteiger partial charge in [-0.25, -0.2) is 0 Å². The Bertz CT molecular complexity index is 265. The Morgan fingerprint density at radius 1 is 1.50 bits per heavy atom. The normalized spacial score (nSPS) is 9.83. The standard InChI is InChI=1S/C8H8BClO2/c9-7-5-6(10)1-2-8(7)12-4-3-11/h1-2,5,11H,3-4H2. The molecule has 1 rings (SSSR count). The van der Waals surface area contributed by atoms with E-state index in [2.05, 4.69) is 0 Å². The number of ether oxygens (including phenoxy) is 1. The van der Waals surface area contributed by atoms with Crippen LogP contribution < -0.4 is 10.2 Å². The Kier molecular flexibility index (Phi) is 3.44. The Balaban J connectivity index is 2.72. The van der Waals surface area contributed by atoms with E-state index in [1.807, 2.05) is 0 Å². The average molecular weight is 182 g/mol. The third kappa shape index (κ3) is 2.43. The van der Waals surface area contributed by atoms with Crippen LogP contribution in [-0.2, 0) is 0 Å². The first-order chi connectivity index (χ1) is 5.74. The Morgan fingerprint density at radius 3 is 2.83 bits per heavy atom. The fourth-order valence-corrected chi connectivity index (χ4v) is 0.987. The summed E-state index contributed by atoms with van der Waals surface area (Å²) in [5.41, 5.74) is 0.482. The summed E-state index contributed by atoms with van der Waals surface area (Å²) in [5, 5.41) is 9.05. The molecular weight excluding hydrogens is 174 g/mol. The van der Waals surface area contributed by atoms with Gasteiger partial charge in [0.05, 0.1) is 6.61 Å². The Hall–Kier alpha value is -0.665. The van der Waals surface area contributed by atoms with Crippen molar-refractivity contribution in [1.82, 2.24) is 0 Å². The summed E-state index contributed by atoms with van der Waals surface area (Å²) >= 11 is 5.67. The van der Waals surface area contributed by atoms with Crippen molar-refractivity contribution >= 4 is 24.9 Å². The van der Waals surface area contributed by atoms with Crippen molar-refractivity contribution in [3.05, 3.63) is 23.2 Å². The maximum atomic E-state index is 8.48. The number of hydrogen-bond acceptors (Lipinski definition) is 2. The molecule has 0 saturated heterocycles. The van der Waals surface area contributed by atoms with Crippen molar-refractivity contribution in [2.75, 3.05) is 13.2 Å². The maximum Gasteiger partial charge on any atom is 0.119 e. The van der Waals surface area contributed by atoms with Gasteiger partial charge in [0, 0.05) is 5.02 Å². The molecule has 0 spiro atoms. The van der Waals surface area contributed by atoms with E-state index >= 15 is 0 Å². The van der Waals surface area contributed by atoms with E-state index in [9.17, 15) is 0 Å². The zero-order valence-electron chi connectivity index (χ0n) is 6.46. The zero-order chi connectivity index (χ0) is 8.97. The van der Waals surface area contributed by atoms with E-state index in [-0.39, 0.29) is 13.2 Å². The van der Waals surface area contributed by atoms with Gasteiger partial charge in [0.25, 0.3) is 0 Å². The van der Waals surface area contributed by atoms with Gasteiger partial charge in [-0.05, 0) is 18.2 Å². The molecule has 1 aromatic carbocycles. The van der Waals surface area contributed by atoms with Crippen molar-refractivity contribution in [1.29, 1.82) is 0 Å². The molecule has 0 atom stereocenters. The molecule has 0 aliphatic heterocycles.